The molecule has 108 valence electrons. The molecule has 0 radical (unpaired) electrons. The van der Waals surface area contributed by atoms with E-state index in [1.807, 2.05) is 24.0 Å². The molecule has 0 aliphatic heterocycles. The van der Waals surface area contributed by atoms with Gasteiger partial charge in [0.15, 0.2) is 0 Å². The number of hydrogen-bond acceptors (Lipinski definition) is 3. The minimum absolute atomic E-state index is 0.151. The second-order valence-electron chi connectivity index (χ2n) is 4.37. The van der Waals surface area contributed by atoms with Crippen molar-refractivity contribution in [1.29, 1.82) is 0 Å². The van der Waals surface area contributed by atoms with Crippen LogP contribution in [-0.4, -0.2) is 48.4 Å². The second-order valence-corrected chi connectivity index (χ2v) is 6.83. The Labute approximate surface area is 128 Å². The molecule has 0 fully saturated rings. The Hall–Kier alpha value is -0.390. The zero-order valence-electron chi connectivity index (χ0n) is 12.0. The average molecular weight is 347 g/mol. The molecule has 0 spiro atoms. The molecule has 1 heterocycles. The first-order valence-electron chi connectivity index (χ1n) is 6.89. The molecule has 0 aliphatic carbocycles. The predicted molar refractivity (Wildman–Crippen MR) is 86.0 cm³/mol. The summed E-state index contributed by atoms with van der Waals surface area (Å²) in [7, 11) is 0. The summed E-state index contributed by atoms with van der Waals surface area (Å²) in [4.78, 5) is 17.4. The maximum Gasteiger partial charge on any atom is 0.263 e. The molecule has 0 N–H and O–H groups in total. The Morgan fingerprint density at radius 3 is 2.32 bits per heavy atom. The summed E-state index contributed by atoms with van der Waals surface area (Å²) < 4.78 is 1.01. The van der Waals surface area contributed by atoms with Crippen molar-refractivity contribution in [2.75, 3.05) is 32.7 Å². The van der Waals surface area contributed by atoms with Gasteiger partial charge in [-0.15, -0.1) is 11.3 Å². The van der Waals surface area contributed by atoms with Gasteiger partial charge in [0.05, 0.1) is 8.66 Å². The SMILES string of the molecule is CCN(CC)CCCN(CC)C(=O)c1ccc(Br)s1. The molecule has 0 atom stereocenters. The maximum atomic E-state index is 12.3. The van der Waals surface area contributed by atoms with E-state index >= 15 is 0 Å². The van der Waals surface area contributed by atoms with E-state index in [1.165, 1.54) is 11.3 Å². The number of nitrogens with zero attached hydrogens (tertiary/aromatic N) is 2. The minimum atomic E-state index is 0.151. The standard InChI is InChI=1S/C14H23BrN2OS/c1-4-16(5-2)10-7-11-17(6-3)14(18)12-8-9-13(15)19-12/h8-9H,4-7,10-11H2,1-3H3. The maximum absolute atomic E-state index is 12.3. The van der Waals surface area contributed by atoms with Gasteiger partial charge in [-0.25, -0.2) is 0 Å². The fraction of sp³-hybridized carbons (Fsp3) is 0.643. The fourth-order valence-electron chi connectivity index (χ4n) is 2.01. The largest absolute Gasteiger partial charge is 0.338 e. The predicted octanol–water partition coefficient (Wildman–Crippen LogP) is 3.70. The number of rotatable bonds is 8. The Bertz CT molecular complexity index is 391. The minimum Gasteiger partial charge on any atom is -0.338 e. The van der Waals surface area contributed by atoms with E-state index in [9.17, 15) is 4.79 Å². The third-order valence-corrected chi connectivity index (χ3v) is 4.86. The van der Waals surface area contributed by atoms with Crippen molar-refractivity contribution in [3.63, 3.8) is 0 Å². The first kappa shape index (κ1) is 16.7. The summed E-state index contributed by atoms with van der Waals surface area (Å²) in [6, 6.07) is 3.83. The van der Waals surface area contributed by atoms with Gasteiger partial charge in [0.2, 0.25) is 0 Å². The van der Waals surface area contributed by atoms with Crippen LogP contribution in [0.5, 0.6) is 0 Å². The van der Waals surface area contributed by atoms with E-state index in [0.29, 0.717) is 0 Å². The smallest absolute Gasteiger partial charge is 0.263 e. The topological polar surface area (TPSA) is 23.6 Å². The molecule has 19 heavy (non-hydrogen) atoms. The molecule has 0 aromatic carbocycles. The lowest BCUT2D eigenvalue weighted by Crippen LogP contribution is -2.34. The number of amides is 1. The quantitative estimate of drug-likeness (QED) is 0.716. The van der Waals surface area contributed by atoms with Crippen molar-refractivity contribution in [1.82, 2.24) is 9.80 Å². The monoisotopic (exact) mass is 346 g/mol. The number of carbonyl (C=O) groups excluding carboxylic acids is 1. The number of hydrogen-bond donors (Lipinski definition) is 0. The van der Waals surface area contributed by atoms with Crippen LogP contribution >= 0.6 is 27.3 Å². The van der Waals surface area contributed by atoms with E-state index in [1.54, 1.807) is 0 Å². The highest BCUT2D eigenvalue weighted by molar-refractivity contribution is 9.11. The van der Waals surface area contributed by atoms with Crippen molar-refractivity contribution in [3.05, 3.63) is 20.8 Å². The summed E-state index contributed by atoms with van der Waals surface area (Å²) in [6.07, 6.45) is 1.04. The number of thiophene rings is 1. The molecule has 1 aromatic rings. The lowest BCUT2D eigenvalue weighted by molar-refractivity contribution is 0.0762. The van der Waals surface area contributed by atoms with Gasteiger partial charge in [0.25, 0.3) is 5.91 Å². The molecule has 0 bridgehead atoms. The van der Waals surface area contributed by atoms with Crippen LogP contribution < -0.4 is 0 Å². The van der Waals surface area contributed by atoms with Gasteiger partial charge in [-0.3, -0.25) is 4.79 Å². The van der Waals surface area contributed by atoms with Gasteiger partial charge in [-0.05, 0) is 61.0 Å². The lowest BCUT2D eigenvalue weighted by Gasteiger charge is -2.23. The van der Waals surface area contributed by atoms with Crippen LogP contribution in [0.4, 0.5) is 0 Å². The van der Waals surface area contributed by atoms with E-state index in [0.717, 1.165) is 47.8 Å². The van der Waals surface area contributed by atoms with Gasteiger partial charge >= 0.3 is 0 Å². The highest BCUT2D eigenvalue weighted by atomic mass is 79.9. The molecule has 0 aliphatic rings. The molecule has 0 saturated heterocycles. The van der Waals surface area contributed by atoms with Gasteiger partial charge in [0, 0.05) is 13.1 Å². The summed E-state index contributed by atoms with van der Waals surface area (Å²) in [5.41, 5.74) is 0. The second kappa shape index (κ2) is 8.72. The zero-order chi connectivity index (χ0) is 14.3. The zero-order valence-corrected chi connectivity index (χ0v) is 14.4. The highest BCUT2D eigenvalue weighted by Gasteiger charge is 2.15. The molecule has 0 saturated carbocycles. The summed E-state index contributed by atoms with van der Waals surface area (Å²) in [5, 5.41) is 0. The molecule has 3 nitrogen and oxygen atoms in total. The van der Waals surface area contributed by atoms with Crippen LogP contribution in [0.2, 0.25) is 0 Å². The van der Waals surface area contributed by atoms with E-state index in [2.05, 4.69) is 34.7 Å². The van der Waals surface area contributed by atoms with Gasteiger partial charge in [-0.1, -0.05) is 13.8 Å². The first-order chi connectivity index (χ1) is 9.12. The summed E-state index contributed by atoms with van der Waals surface area (Å²) >= 11 is 4.91. The number of carbonyl (C=O) groups is 1. The Morgan fingerprint density at radius 2 is 1.84 bits per heavy atom. The van der Waals surface area contributed by atoms with Crippen LogP contribution in [0.1, 0.15) is 36.9 Å². The molecular weight excluding hydrogens is 324 g/mol. The Balaban J connectivity index is 2.47. The Morgan fingerprint density at radius 1 is 1.16 bits per heavy atom. The summed E-state index contributed by atoms with van der Waals surface area (Å²) in [5.74, 6) is 0.151. The summed E-state index contributed by atoms with van der Waals surface area (Å²) in [6.45, 7) is 11.2. The van der Waals surface area contributed by atoms with E-state index < -0.39 is 0 Å². The van der Waals surface area contributed by atoms with Crippen LogP contribution in [-0.2, 0) is 0 Å². The van der Waals surface area contributed by atoms with Crippen molar-refractivity contribution < 1.29 is 4.79 Å². The third-order valence-electron chi connectivity index (χ3n) is 3.25. The van der Waals surface area contributed by atoms with Crippen LogP contribution in [0.25, 0.3) is 0 Å². The van der Waals surface area contributed by atoms with Crippen molar-refractivity contribution >= 4 is 33.2 Å². The molecule has 5 heteroatoms. The average Bonchev–Trinajstić information content (AvgIpc) is 2.85. The van der Waals surface area contributed by atoms with Gasteiger partial charge < -0.3 is 9.80 Å². The van der Waals surface area contributed by atoms with Crippen molar-refractivity contribution in [2.45, 2.75) is 27.2 Å². The number of halogens is 1. The lowest BCUT2D eigenvalue weighted by atomic mass is 10.3. The molecule has 1 rings (SSSR count). The van der Waals surface area contributed by atoms with Crippen LogP contribution in [0, 0.1) is 0 Å². The molecule has 1 amide bonds. The fourth-order valence-corrected chi connectivity index (χ4v) is 3.37. The highest BCUT2D eigenvalue weighted by Crippen LogP contribution is 2.23. The molecular formula is C14H23BrN2OS. The molecule has 0 unspecified atom stereocenters. The van der Waals surface area contributed by atoms with Crippen LogP contribution in [0.15, 0.2) is 15.9 Å². The van der Waals surface area contributed by atoms with Gasteiger partial charge in [-0.2, -0.15) is 0 Å². The Kier molecular flexibility index (Phi) is 7.64. The van der Waals surface area contributed by atoms with Gasteiger partial charge in [0.1, 0.15) is 0 Å². The normalized spacial score (nSPS) is 11.0. The third kappa shape index (κ3) is 5.24. The van der Waals surface area contributed by atoms with Crippen molar-refractivity contribution in [3.8, 4) is 0 Å². The molecule has 1 aromatic heterocycles. The first-order valence-corrected chi connectivity index (χ1v) is 8.50. The van der Waals surface area contributed by atoms with E-state index in [4.69, 9.17) is 0 Å². The van der Waals surface area contributed by atoms with Crippen molar-refractivity contribution in [2.24, 2.45) is 0 Å². The van der Waals surface area contributed by atoms with Crippen LogP contribution in [0.3, 0.4) is 0 Å². The van der Waals surface area contributed by atoms with E-state index in [-0.39, 0.29) is 5.91 Å².